The Balaban J connectivity index is 1.18. The molecule has 194 valence electrons. The van der Waals surface area contributed by atoms with Gasteiger partial charge < -0.3 is 14.6 Å². The van der Waals surface area contributed by atoms with E-state index in [1.165, 1.54) is 0 Å². The molecule has 1 N–H and O–H groups in total. The number of carbonyl (C=O) groups excluding carboxylic acids is 2. The molecule has 5 heteroatoms. The molecule has 4 aromatic carbocycles. The summed E-state index contributed by atoms with van der Waals surface area (Å²) in [6, 6.07) is 33.6. The summed E-state index contributed by atoms with van der Waals surface area (Å²) >= 11 is 0. The fourth-order valence-corrected chi connectivity index (χ4v) is 5.39. The maximum absolute atomic E-state index is 13.3. The van der Waals surface area contributed by atoms with Crippen LogP contribution in [0.2, 0.25) is 0 Å². The number of rotatable bonds is 6. The number of benzene rings is 4. The Morgan fingerprint density at radius 1 is 0.872 bits per heavy atom. The van der Waals surface area contributed by atoms with Gasteiger partial charge in [-0.15, -0.1) is 0 Å². The predicted molar refractivity (Wildman–Crippen MR) is 155 cm³/mol. The number of hydrogen-bond donors (Lipinski definition) is 1. The van der Waals surface area contributed by atoms with Crippen molar-refractivity contribution in [1.82, 2.24) is 4.90 Å². The Hall–Kier alpha value is -4.64. The van der Waals surface area contributed by atoms with Crippen molar-refractivity contribution in [3.63, 3.8) is 0 Å². The van der Waals surface area contributed by atoms with E-state index in [0.29, 0.717) is 25.1 Å². The number of furan rings is 1. The highest BCUT2D eigenvalue weighted by Gasteiger charge is 2.26. The van der Waals surface area contributed by atoms with Crippen LogP contribution in [0.1, 0.15) is 46.5 Å². The molecule has 0 spiro atoms. The van der Waals surface area contributed by atoms with Crippen LogP contribution >= 0.6 is 0 Å². The van der Waals surface area contributed by atoms with Crippen LogP contribution in [-0.2, 0) is 17.8 Å². The highest BCUT2D eigenvalue weighted by atomic mass is 16.3. The lowest BCUT2D eigenvalue weighted by atomic mass is 9.95. The lowest BCUT2D eigenvalue weighted by Crippen LogP contribution is -2.35. The second-order valence-electron chi connectivity index (χ2n) is 10.0. The van der Waals surface area contributed by atoms with Gasteiger partial charge in [0, 0.05) is 41.9 Å². The molecule has 2 heterocycles. The monoisotopic (exact) mass is 514 g/mol. The van der Waals surface area contributed by atoms with Gasteiger partial charge in [0.2, 0.25) is 5.91 Å². The molecule has 0 bridgehead atoms. The molecule has 2 amide bonds. The summed E-state index contributed by atoms with van der Waals surface area (Å²) in [5, 5.41) is 5.27. The van der Waals surface area contributed by atoms with Gasteiger partial charge in [0.1, 0.15) is 11.5 Å². The zero-order valence-electron chi connectivity index (χ0n) is 21.9. The Labute approximate surface area is 228 Å². The molecular weight excluding hydrogens is 484 g/mol. The summed E-state index contributed by atoms with van der Waals surface area (Å²) in [6.45, 7) is 3.14. The van der Waals surface area contributed by atoms with Crippen LogP contribution in [0.25, 0.3) is 22.1 Å². The van der Waals surface area contributed by atoms with Crippen molar-refractivity contribution in [3.8, 4) is 11.3 Å². The normalized spacial score (nSPS) is 13.6. The predicted octanol–water partition coefficient (Wildman–Crippen LogP) is 7.43. The van der Waals surface area contributed by atoms with E-state index in [1.54, 1.807) is 0 Å². The molecule has 0 aliphatic carbocycles. The van der Waals surface area contributed by atoms with Crippen molar-refractivity contribution in [3.05, 3.63) is 126 Å². The molecule has 0 unspecified atom stereocenters. The van der Waals surface area contributed by atoms with Gasteiger partial charge in [-0.2, -0.15) is 0 Å². The van der Waals surface area contributed by atoms with E-state index < -0.39 is 0 Å². The summed E-state index contributed by atoms with van der Waals surface area (Å²) in [5.74, 6) is 1.45. The molecule has 6 rings (SSSR count). The molecule has 1 aliphatic rings. The SMILES string of the molecule is CC[C@@H](C(=O)Nc1cccc(-c2cc3c(o2)CCN(C(=O)c2ccc4ccccc4c2)C3)c1)c1ccccc1. The topological polar surface area (TPSA) is 62.6 Å². The minimum Gasteiger partial charge on any atom is -0.461 e. The van der Waals surface area contributed by atoms with Crippen molar-refractivity contribution in [1.29, 1.82) is 0 Å². The fraction of sp³-hybridized carbons (Fsp3) is 0.176. The van der Waals surface area contributed by atoms with Crippen LogP contribution in [0.5, 0.6) is 0 Å². The quantitative estimate of drug-likeness (QED) is 0.256. The van der Waals surface area contributed by atoms with Gasteiger partial charge in [-0.3, -0.25) is 9.59 Å². The zero-order chi connectivity index (χ0) is 26.8. The summed E-state index contributed by atoms with van der Waals surface area (Å²) in [7, 11) is 0. The van der Waals surface area contributed by atoms with Gasteiger partial charge in [0.05, 0.1) is 5.92 Å². The average molecular weight is 515 g/mol. The van der Waals surface area contributed by atoms with Gasteiger partial charge in [0.25, 0.3) is 5.91 Å². The van der Waals surface area contributed by atoms with E-state index in [9.17, 15) is 9.59 Å². The molecule has 0 saturated heterocycles. The molecule has 1 atom stereocenters. The van der Waals surface area contributed by atoms with E-state index in [2.05, 4.69) is 11.4 Å². The molecule has 5 aromatic rings. The minimum atomic E-state index is -0.211. The van der Waals surface area contributed by atoms with E-state index >= 15 is 0 Å². The molecule has 39 heavy (non-hydrogen) atoms. The number of amides is 2. The lowest BCUT2D eigenvalue weighted by Gasteiger charge is -2.26. The Kier molecular flexibility index (Phi) is 6.72. The molecule has 5 nitrogen and oxygen atoms in total. The Morgan fingerprint density at radius 2 is 1.67 bits per heavy atom. The first-order valence-electron chi connectivity index (χ1n) is 13.4. The molecule has 1 aliphatic heterocycles. The van der Waals surface area contributed by atoms with Crippen LogP contribution < -0.4 is 5.32 Å². The van der Waals surface area contributed by atoms with Gasteiger partial charge in [0.15, 0.2) is 0 Å². The van der Waals surface area contributed by atoms with Crippen molar-refractivity contribution in [2.75, 3.05) is 11.9 Å². The summed E-state index contributed by atoms with van der Waals surface area (Å²) < 4.78 is 6.23. The van der Waals surface area contributed by atoms with Crippen LogP contribution in [0, 0.1) is 0 Å². The van der Waals surface area contributed by atoms with Crippen molar-refractivity contribution < 1.29 is 14.0 Å². The first kappa shape index (κ1) is 24.7. The Morgan fingerprint density at radius 3 is 2.49 bits per heavy atom. The molecule has 1 aromatic heterocycles. The third-order valence-corrected chi connectivity index (χ3v) is 7.49. The highest BCUT2D eigenvalue weighted by Crippen LogP contribution is 2.32. The van der Waals surface area contributed by atoms with Gasteiger partial charge in [-0.05, 0) is 53.1 Å². The molecule has 0 fully saturated rings. The van der Waals surface area contributed by atoms with Gasteiger partial charge >= 0.3 is 0 Å². The van der Waals surface area contributed by atoms with Crippen LogP contribution in [0.15, 0.2) is 108 Å². The van der Waals surface area contributed by atoms with E-state index in [-0.39, 0.29) is 17.7 Å². The van der Waals surface area contributed by atoms with Gasteiger partial charge in [-0.1, -0.05) is 79.7 Å². The fourth-order valence-electron chi connectivity index (χ4n) is 5.39. The van der Waals surface area contributed by atoms with Crippen molar-refractivity contribution in [2.45, 2.75) is 32.2 Å². The number of anilines is 1. The van der Waals surface area contributed by atoms with Crippen LogP contribution in [0.4, 0.5) is 5.69 Å². The molecule has 0 radical (unpaired) electrons. The standard InChI is InChI=1S/C34H30N2O3/c1-2-30(24-10-4-3-5-11-24)33(37)35-29-14-8-13-26(20-29)32-21-28-22-36(18-17-31(28)39-32)34(38)27-16-15-23-9-6-7-12-25(23)19-27/h3-16,19-21,30H,2,17-18,22H2,1H3,(H,35,37)/t30-/m1/s1. The van der Waals surface area contributed by atoms with E-state index in [4.69, 9.17) is 4.42 Å². The second-order valence-corrected chi connectivity index (χ2v) is 10.0. The third kappa shape index (κ3) is 5.08. The smallest absolute Gasteiger partial charge is 0.254 e. The molecular formula is C34H30N2O3. The van der Waals surface area contributed by atoms with Crippen LogP contribution in [-0.4, -0.2) is 23.3 Å². The zero-order valence-corrected chi connectivity index (χ0v) is 21.9. The maximum atomic E-state index is 13.3. The summed E-state index contributed by atoms with van der Waals surface area (Å²) in [6.07, 6.45) is 1.38. The minimum absolute atomic E-state index is 0.0255. The number of carbonyl (C=O) groups is 2. The Bertz CT molecular complexity index is 1650. The van der Waals surface area contributed by atoms with Crippen molar-refractivity contribution >= 4 is 28.3 Å². The van der Waals surface area contributed by atoms with Crippen molar-refractivity contribution in [2.24, 2.45) is 0 Å². The maximum Gasteiger partial charge on any atom is 0.254 e. The summed E-state index contributed by atoms with van der Waals surface area (Å²) in [4.78, 5) is 28.3. The first-order valence-corrected chi connectivity index (χ1v) is 13.4. The molecule has 0 saturated carbocycles. The van der Waals surface area contributed by atoms with Crippen LogP contribution in [0.3, 0.4) is 0 Å². The second kappa shape index (κ2) is 10.6. The summed E-state index contributed by atoms with van der Waals surface area (Å²) in [5.41, 5.74) is 4.35. The third-order valence-electron chi connectivity index (χ3n) is 7.49. The lowest BCUT2D eigenvalue weighted by molar-refractivity contribution is -0.117. The van der Waals surface area contributed by atoms with Gasteiger partial charge in [-0.25, -0.2) is 0 Å². The first-order chi connectivity index (χ1) is 19.1. The largest absolute Gasteiger partial charge is 0.461 e. The van der Waals surface area contributed by atoms with E-state index in [0.717, 1.165) is 51.1 Å². The number of nitrogens with one attached hydrogen (secondary N) is 1. The number of fused-ring (bicyclic) bond motifs is 2. The number of nitrogens with zero attached hydrogens (tertiary/aromatic N) is 1. The van der Waals surface area contributed by atoms with E-state index in [1.807, 2.05) is 109 Å². The average Bonchev–Trinajstić information content (AvgIpc) is 3.41. The number of hydrogen-bond acceptors (Lipinski definition) is 3. The highest BCUT2D eigenvalue weighted by molar-refractivity contribution is 5.99.